The summed E-state index contributed by atoms with van der Waals surface area (Å²) in [5.41, 5.74) is -0.309. The van der Waals surface area contributed by atoms with Gasteiger partial charge >= 0.3 is 0 Å². The highest BCUT2D eigenvalue weighted by atomic mass is 32.1. The van der Waals surface area contributed by atoms with Crippen LogP contribution in [0.15, 0.2) is 29.6 Å². The lowest BCUT2D eigenvalue weighted by molar-refractivity contribution is -0.114. The molecule has 3 rings (SSSR count). The Morgan fingerprint density at radius 2 is 2.00 bits per heavy atom. The van der Waals surface area contributed by atoms with Gasteiger partial charge in [0.1, 0.15) is 11.6 Å². The van der Waals surface area contributed by atoms with Crippen molar-refractivity contribution in [2.45, 2.75) is 6.42 Å². The zero-order valence-electron chi connectivity index (χ0n) is 10.2. The Labute approximate surface area is 117 Å². The Kier molecular flexibility index (Phi) is 3.10. The number of thiophene rings is 1. The molecule has 0 spiro atoms. The number of halogens is 2. The minimum atomic E-state index is -0.989. The minimum Gasteiger partial charge on any atom is -0.304 e. The summed E-state index contributed by atoms with van der Waals surface area (Å²) in [7, 11) is 0. The second-order valence-corrected chi connectivity index (χ2v) is 5.43. The lowest BCUT2D eigenvalue weighted by atomic mass is 10.1. The van der Waals surface area contributed by atoms with Gasteiger partial charge in [-0.3, -0.25) is 9.59 Å². The molecule has 0 saturated carbocycles. The molecule has 0 saturated heterocycles. The minimum absolute atomic E-state index is 0.0223. The first kappa shape index (κ1) is 12.9. The number of anilines is 1. The van der Waals surface area contributed by atoms with Gasteiger partial charge in [0.2, 0.25) is 0 Å². The van der Waals surface area contributed by atoms with Crippen LogP contribution in [0, 0.1) is 11.6 Å². The van der Waals surface area contributed by atoms with E-state index in [1.807, 2.05) is 17.5 Å². The second kappa shape index (κ2) is 4.79. The summed E-state index contributed by atoms with van der Waals surface area (Å²) in [5, 5.41) is 1.90. The predicted molar refractivity (Wildman–Crippen MR) is 71.1 cm³/mol. The van der Waals surface area contributed by atoms with E-state index < -0.39 is 23.3 Å². The Morgan fingerprint density at radius 3 is 2.70 bits per heavy atom. The molecule has 0 fully saturated rings. The molecule has 1 aliphatic rings. The number of nitrogens with zero attached hydrogens (tertiary/aromatic N) is 1. The maximum Gasteiger partial charge on any atom is 0.299 e. The van der Waals surface area contributed by atoms with Crippen molar-refractivity contribution < 1.29 is 18.4 Å². The molecule has 1 amide bonds. The van der Waals surface area contributed by atoms with E-state index in [-0.39, 0.29) is 17.8 Å². The van der Waals surface area contributed by atoms with Crippen LogP contribution in [0.5, 0.6) is 0 Å². The summed E-state index contributed by atoms with van der Waals surface area (Å²) in [6, 6.07) is 5.42. The van der Waals surface area contributed by atoms with Crippen molar-refractivity contribution in [2.24, 2.45) is 0 Å². The van der Waals surface area contributed by atoms with Gasteiger partial charge in [-0.1, -0.05) is 6.07 Å². The van der Waals surface area contributed by atoms with Crippen LogP contribution in [0.25, 0.3) is 0 Å². The van der Waals surface area contributed by atoms with E-state index >= 15 is 0 Å². The lowest BCUT2D eigenvalue weighted by Crippen LogP contribution is -2.31. The maximum absolute atomic E-state index is 13.6. The fourth-order valence-electron chi connectivity index (χ4n) is 2.24. The third-order valence-corrected chi connectivity index (χ3v) is 4.09. The molecule has 2 aromatic rings. The molecule has 0 atom stereocenters. The molecule has 2 heterocycles. The standard InChI is InChI=1S/C14H9F2NO2S/c15-8-6-10(16)12-11(7-8)17(14(19)13(12)18)4-3-9-2-1-5-20-9/h1-2,5-7H,3-4H2. The first-order chi connectivity index (χ1) is 9.58. The van der Waals surface area contributed by atoms with E-state index in [1.54, 1.807) is 0 Å². The van der Waals surface area contributed by atoms with Crippen molar-refractivity contribution in [2.75, 3.05) is 11.4 Å². The molecule has 1 aliphatic heterocycles. The number of fused-ring (bicyclic) bond motifs is 1. The van der Waals surface area contributed by atoms with Gasteiger partial charge in [-0.2, -0.15) is 0 Å². The fraction of sp³-hybridized carbons (Fsp3) is 0.143. The van der Waals surface area contributed by atoms with E-state index in [1.165, 1.54) is 11.3 Å². The molecule has 0 radical (unpaired) electrons. The molecule has 102 valence electrons. The Morgan fingerprint density at radius 1 is 1.20 bits per heavy atom. The summed E-state index contributed by atoms with van der Waals surface area (Å²) >= 11 is 1.52. The van der Waals surface area contributed by atoms with Gasteiger partial charge in [-0.15, -0.1) is 11.3 Å². The smallest absolute Gasteiger partial charge is 0.299 e. The van der Waals surface area contributed by atoms with Crippen LogP contribution in [0.2, 0.25) is 0 Å². The molecule has 20 heavy (non-hydrogen) atoms. The SMILES string of the molecule is O=C1C(=O)N(CCc2cccs2)c2cc(F)cc(F)c21. The van der Waals surface area contributed by atoms with Crippen LogP contribution in [-0.4, -0.2) is 18.2 Å². The van der Waals surface area contributed by atoms with Gasteiger partial charge in [0.25, 0.3) is 11.7 Å². The number of hydrogen-bond donors (Lipinski definition) is 0. The summed E-state index contributed by atoms with van der Waals surface area (Å²) in [6.07, 6.45) is 0.536. The number of carbonyl (C=O) groups is 2. The van der Waals surface area contributed by atoms with Crippen LogP contribution in [0.1, 0.15) is 15.2 Å². The first-order valence-electron chi connectivity index (χ1n) is 5.95. The summed E-state index contributed by atoms with van der Waals surface area (Å²) < 4.78 is 26.9. The molecule has 3 nitrogen and oxygen atoms in total. The van der Waals surface area contributed by atoms with Crippen molar-refractivity contribution in [3.05, 3.63) is 51.7 Å². The third-order valence-electron chi connectivity index (χ3n) is 3.15. The van der Waals surface area contributed by atoms with E-state index in [4.69, 9.17) is 0 Å². The molecule has 0 bridgehead atoms. The first-order valence-corrected chi connectivity index (χ1v) is 6.83. The van der Waals surface area contributed by atoms with Crippen molar-refractivity contribution in [3.8, 4) is 0 Å². The van der Waals surface area contributed by atoms with E-state index in [0.717, 1.165) is 15.8 Å². The van der Waals surface area contributed by atoms with Gasteiger partial charge in [0.15, 0.2) is 0 Å². The third kappa shape index (κ3) is 2.02. The molecule has 1 aromatic heterocycles. The van der Waals surface area contributed by atoms with Crippen LogP contribution < -0.4 is 4.90 Å². The molecular weight excluding hydrogens is 284 g/mol. The van der Waals surface area contributed by atoms with Crippen molar-refractivity contribution in [1.82, 2.24) is 0 Å². The number of carbonyl (C=O) groups excluding carboxylic acids is 2. The number of rotatable bonds is 3. The van der Waals surface area contributed by atoms with Gasteiger partial charge < -0.3 is 4.90 Å². The molecule has 6 heteroatoms. The highest BCUT2D eigenvalue weighted by molar-refractivity contribution is 7.09. The zero-order chi connectivity index (χ0) is 14.3. The Bertz CT molecular complexity index is 697. The Balaban J connectivity index is 1.93. The quantitative estimate of drug-likeness (QED) is 0.816. The van der Waals surface area contributed by atoms with E-state index in [2.05, 4.69) is 0 Å². The Hall–Kier alpha value is -2.08. The normalized spacial score (nSPS) is 14.0. The number of ketones is 1. The highest BCUT2D eigenvalue weighted by Gasteiger charge is 2.38. The largest absolute Gasteiger partial charge is 0.304 e. The van der Waals surface area contributed by atoms with E-state index in [0.29, 0.717) is 12.5 Å². The molecule has 0 unspecified atom stereocenters. The summed E-state index contributed by atoms with van der Waals surface area (Å²) in [6.45, 7) is 0.223. The van der Waals surface area contributed by atoms with Gasteiger partial charge in [0, 0.05) is 17.5 Å². The van der Waals surface area contributed by atoms with Crippen LogP contribution in [0.4, 0.5) is 14.5 Å². The summed E-state index contributed by atoms with van der Waals surface area (Å²) in [5.74, 6) is -3.51. The van der Waals surface area contributed by atoms with Crippen molar-refractivity contribution in [1.29, 1.82) is 0 Å². The number of hydrogen-bond acceptors (Lipinski definition) is 3. The van der Waals surface area contributed by atoms with Gasteiger partial charge in [0.05, 0.1) is 11.3 Å². The van der Waals surface area contributed by atoms with Crippen molar-refractivity contribution >= 4 is 28.7 Å². The molecule has 0 N–H and O–H groups in total. The fourth-order valence-corrected chi connectivity index (χ4v) is 2.93. The highest BCUT2D eigenvalue weighted by Crippen LogP contribution is 2.32. The monoisotopic (exact) mass is 293 g/mol. The lowest BCUT2D eigenvalue weighted by Gasteiger charge is -2.15. The molecule has 1 aromatic carbocycles. The van der Waals surface area contributed by atoms with Crippen molar-refractivity contribution in [3.63, 3.8) is 0 Å². The van der Waals surface area contributed by atoms with E-state index in [9.17, 15) is 18.4 Å². The number of amides is 1. The van der Waals surface area contributed by atoms with Gasteiger partial charge in [-0.25, -0.2) is 8.78 Å². The topological polar surface area (TPSA) is 37.4 Å². The number of benzene rings is 1. The zero-order valence-corrected chi connectivity index (χ0v) is 11.0. The second-order valence-electron chi connectivity index (χ2n) is 4.40. The van der Waals surface area contributed by atoms with Crippen LogP contribution in [0.3, 0.4) is 0 Å². The van der Waals surface area contributed by atoms with Crippen LogP contribution in [-0.2, 0) is 11.2 Å². The molecular formula is C14H9F2NO2S. The van der Waals surface area contributed by atoms with Gasteiger partial charge in [-0.05, 0) is 23.9 Å². The average Bonchev–Trinajstić information content (AvgIpc) is 2.97. The van der Waals surface area contributed by atoms with Crippen LogP contribution >= 0.6 is 11.3 Å². The number of Topliss-reactive ketones (excluding diaryl/α,β-unsaturated/α-hetero) is 1. The predicted octanol–water partition coefficient (Wildman–Crippen LogP) is 2.80. The average molecular weight is 293 g/mol. The summed E-state index contributed by atoms with van der Waals surface area (Å²) in [4.78, 5) is 25.8. The molecule has 0 aliphatic carbocycles. The maximum atomic E-state index is 13.6.